The molecule has 3 aromatic rings. The standard InChI is InChI=1S/C17H15N5O3S/c1-9-11(6-18)19-7-12-15(9)22-17(21-12)26-8-20-16(24)10-3-4-14(25-2)13(23)5-10/h3-5,7,23H,8H2,1-2H3,(H,20,24)(H,21,22). The quantitative estimate of drug-likeness (QED) is 0.466. The molecule has 0 saturated heterocycles. The highest BCUT2D eigenvalue weighted by Gasteiger charge is 2.12. The summed E-state index contributed by atoms with van der Waals surface area (Å²) in [6.45, 7) is 1.79. The van der Waals surface area contributed by atoms with Crippen LogP contribution in [-0.2, 0) is 0 Å². The number of hydrogen-bond donors (Lipinski definition) is 3. The maximum absolute atomic E-state index is 12.1. The van der Waals surface area contributed by atoms with Crippen LogP contribution in [0.4, 0.5) is 0 Å². The number of aryl methyl sites for hydroxylation is 1. The summed E-state index contributed by atoms with van der Waals surface area (Å²) in [5.74, 6) is 0.166. The van der Waals surface area contributed by atoms with Crippen LogP contribution < -0.4 is 10.1 Å². The topological polar surface area (TPSA) is 124 Å². The molecule has 0 unspecified atom stereocenters. The van der Waals surface area contributed by atoms with E-state index in [9.17, 15) is 9.90 Å². The normalized spacial score (nSPS) is 10.5. The van der Waals surface area contributed by atoms with Gasteiger partial charge in [0.1, 0.15) is 11.8 Å². The first-order valence-electron chi connectivity index (χ1n) is 7.57. The molecule has 0 fully saturated rings. The minimum atomic E-state index is -0.323. The number of aromatic amines is 1. The molecule has 0 spiro atoms. The number of carbonyl (C=O) groups excluding carboxylic acids is 1. The van der Waals surface area contributed by atoms with Crippen molar-refractivity contribution in [2.24, 2.45) is 0 Å². The van der Waals surface area contributed by atoms with E-state index in [-0.39, 0.29) is 17.5 Å². The van der Waals surface area contributed by atoms with Crippen LogP contribution in [-0.4, -0.2) is 39.0 Å². The van der Waals surface area contributed by atoms with Gasteiger partial charge in [-0.2, -0.15) is 5.26 Å². The zero-order chi connectivity index (χ0) is 18.7. The number of imidazole rings is 1. The van der Waals surface area contributed by atoms with Crippen molar-refractivity contribution in [1.82, 2.24) is 20.3 Å². The van der Waals surface area contributed by atoms with Gasteiger partial charge in [0, 0.05) is 11.1 Å². The first-order valence-corrected chi connectivity index (χ1v) is 8.55. The molecule has 0 radical (unpaired) electrons. The molecule has 8 nitrogen and oxygen atoms in total. The lowest BCUT2D eigenvalue weighted by Gasteiger charge is -2.06. The van der Waals surface area contributed by atoms with Gasteiger partial charge >= 0.3 is 0 Å². The molecule has 0 aliphatic carbocycles. The monoisotopic (exact) mass is 369 g/mol. The van der Waals surface area contributed by atoms with E-state index in [1.165, 1.54) is 31.0 Å². The Hall–Kier alpha value is -3.25. The average Bonchev–Trinajstić information content (AvgIpc) is 3.06. The van der Waals surface area contributed by atoms with E-state index < -0.39 is 0 Å². The molecule has 3 N–H and O–H groups in total. The Bertz CT molecular complexity index is 1030. The van der Waals surface area contributed by atoms with E-state index in [2.05, 4.69) is 20.3 Å². The van der Waals surface area contributed by atoms with Gasteiger partial charge in [-0.1, -0.05) is 11.8 Å². The number of carbonyl (C=O) groups is 1. The predicted octanol–water partition coefficient (Wildman–Crippen LogP) is 2.33. The number of amides is 1. The van der Waals surface area contributed by atoms with Crippen LogP contribution in [0.1, 0.15) is 21.6 Å². The summed E-state index contributed by atoms with van der Waals surface area (Å²) in [5, 5.41) is 22.1. The molecule has 2 aromatic heterocycles. The fourth-order valence-electron chi connectivity index (χ4n) is 2.37. The van der Waals surface area contributed by atoms with Gasteiger partial charge in [0.25, 0.3) is 5.91 Å². The van der Waals surface area contributed by atoms with E-state index in [1.807, 2.05) is 6.07 Å². The van der Waals surface area contributed by atoms with Crippen LogP contribution in [0.25, 0.3) is 11.0 Å². The number of rotatable bonds is 5. The van der Waals surface area contributed by atoms with Crippen molar-refractivity contribution in [2.45, 2.75) is 12.1 Å². The minimum Gasteiger partial charge on any atom is -0.504 e. The first kappa shape index (κ1) is 17.6. The van der Waals surface area contributed by atoms with Crippen molar-refractivity contribution in [2.75, 3.05) is 13.0 Å². The first-order chi connectivity index (χ1) is 12.5. The lowest BCUT2D eigenvalue weighted by atomic mass is 10.2. The van der Waals surface area contributed by atoms with Crippen LogP contribution in [0.2, 0.25) is 0 Å². The third kappa shape index (κ3) is 3.41. The molecule has 0 aliphatic heterocycles. The number of H-pyrrole nitrogens is 1. The lowest BCUT2D eigenvalue weighted by molar-refractivity contribution is 0.0960. The number of aromatic hydroxyl groups is 1. The zero-order valence-electron chi connectivity index (χ0n) is 14.0. The zero-order valence-corrected chi connectivity index (χ0v) is 14.8. The highest BCUT2D eigenvalue weighted by molar-refractivity contribution is 7.99. The van der Waals surface area contributed by atoms with E-state index in [1.54, 1.807) is 19.2 Å². The summed E-state index contributed by atoms with van der Waals surface area (Å²) in [7, 11) is 1.44. The number of nitriles is 1. The number of pyridine rings is 1. The molecule has 9 heteroatoms. The van der Waals surface area contributed by atoms with Gasteiger partial charge in [-0.25, -0.2) is 9.97 Å². The molecular formula is C17H15N5O3S. The van der Waals surface area contributed by atoms with Crippen LogP contribution in [0.3, 0.4) is 0 Å². The van der Waals surface area contributed by atoms with E-state index in [0.717, 1.165) is 5.52 Å². The Morgan fingerprint density at radius 1 is 1.50 bits per heavy atom. The van der Waals surface area contributed by atoms with E-state index in [0.29, 0.717) is 33.2 Å². The largest absolute Gasteiger partial charge is 0.504 e. The molecular weight excluding hydrogens is 354 g/mol. The number of phenols is 1. The number of nitrogens with zero attached hydrogens (tertiary/aromatic N) is 3. The van der Waals surface area contributed by atoms with Crippen molar-refractivity contribution >= 4 is 28.7 Å². The Labute approximate surface area is 153 Å². The number of benzene rings is 1. The summed E-state index contributed by atoms with van der Waals surface area (Å²) in [4.78, 5) is 23.7. The van der Waals surface area contributed by atoms with Crippen molar-refractivity contribution in [1.29, 1.82) is 5.26 Å². The van der Waals surface area contributed by atoms with Gasteiger partial charge in [0.15, 0.2) is 16.7 Å². The molecule has 0 saturated carbocycles. The SMILES string of the molecule is COc1ccc(C(=O)NCSc2nc3c(C)c(C#N)ncc3[nH]2)cc1O. The van der Waals surface area contributed by atoms with Crippen molar-refractivity contribution in [3.05, 3.63) is 41.2 Å². The Kier molecular flexibility index (Phi) is 4.95. The van der Waals surface area contributed by atoms with Crippen molar-refractivity contribution in [3.8, 4) is 17.6 Å². The van der Waals surface area contributed by atoms with Gasteiger partial charge < -0.3 is 20.1 Å². The second kappa shape index (κ2) is 7.33. The number of ether oxygens (including phenoxy) is 1. The highest BCUT2D eigenvalue weighted by atomic mass is 32.2. The Morgan fingerprint density at radius 3 is 3.00 bits per heavy atom. The molecule has 26 heavy (non-hydrogen) atoms. The fraction of sp³-hybridized carbons (Fsp3) is 0.176. The number of fused-ring (bicyclic) bond motifs is 1. The molecule has 2 heterocycles. The number of hydrogen-bond acceptors (Lipinski definition) is 7. The third-order valence-corrected chi connectivity index (χ3v) is 4.49. The summed E-state index contributed by atoms with van der Waals surface area (Å²) in [6.07, 6.45) is 1.57. The van der Waals surface area contributed by atoms with E-state index >= 15 is 0 Å². The molecule has 3 rings (SSSR count). The Morgan fingerprint density at radius 2 is 2.31 bits per heavy atom. The van der Waals surface area contributed by atoms with Crippen LogP contribution in [0, 0.1) is 18.3 Å². The van der Waals surface area contributed by atoms with Crippen LogP contribution in [0.15, 0.2) is 29.6 Å². The second-order valence-electron chi connectivity index (χ2n) is 5.33. The summed E-state index contributed by atoms with van der Waals surface area (Å²) >= 11 is 1.31. The van der Waals surface area contributed by atoms with Gasteiger partial charge in [-0.15, -0.1) is 0 Å². The Balaban J connectivity index is 1.65. The number of phenolic OH excluding ortho intramolecular Hbond substituents is 1. The van der Waals surface area contributed by atoms with Gasteiger partial charge in [0.2, 0.25) is 0 Å². The number of aromatic nitrogens is 3. The molecule has 0 bridgehead atoms. The maximum atomic E-state index is 12.1. The number of methoxy groups -OCH3 is 1. The smallest absolute Gasteiger partial charge is 0.252 e. The molecule has 1 aromatic carbocycles. The van der Waals surface area contributed by atoms with Crippen molar-refractivity contribution in [3.63, 3.8) is 0 Å². The van der Waals surface area contributed by atoms with Gasteiger partial charge in [-0.3, -0.25) is 4.79 Å². The second-order valence-corrected chi connectivity index (χ2v) is 6.29. The average molecular weight is 369 g/mol. The summed E-state index contributed by atoms with van der Waals surface area (Å²) in [6, 6.07) is 6.47. The van der Waals surface area contributed by atoms with Gasteiger partial charge in [-0.05, 0) is 25.1 Å². The summed E-state index contributed by atoms with van der Waals surface area (Å²) < 4.78 is 4.95. The fourth-order valence-corrected chi connectivity index (χ4v) is 3.04. The molecule has 0 atom stereocenters. The lowest BCUT2D eigenvalue weighted by Crippen LogP contribution is -2.22. The maximum Gasteiger partial charge on any atom is 0.252 e. The van der Waals surface area contributed by atoms with E-state index in [4.69, 9.17) is 10.00 Å². The third-order valence-electron chi connectivity index (χ3n) is 3.73. The van der Waals surface area contributed by atoms with Gasteiger partial charge in [0.05, 0.1) is 30.2 Å². The predicted molar refractivity (Wildman–Crippen MR) is 96.2 cm³/mol. The molecule has 132 valence electrons. The number of thioether (sulfide) groups is 1. The summed E-state index contributed by atoms with van der Waals surface area (Å²) in [5.41, 5.74) is 2.80. The van der Waals surface area contributed by atoms with Crippen LogP contribution >= 0.6 is 11.8 Å². The van der Waals surface area contributed by atoms with Crippen molar-refractivity contribution < 1.29 is 14.6 Å². The highest BCUT2D eigenvalue weighted by Crippen LogP contribution is 2.26. The van der Waals surface area contributed by atoms with Crippen LogP contribution in [0.5, 0.6) is 11.5 Å². The number of nitrogens with one attached hydrogen (secondary N) is 2. The molecule has 1 amide bonds. The molecule has 0 aliphatic rings. The minimum absolute atomic E-state index is 0.0960.